The van der Waals surface area contributed by atoms with Gasteiger partial charge in [-0.1, -0.05) is 27.2 Å². The van der Waals surface area contributed by atoms with Gasteiger partial charge in [-0.05, 0) is 43.9 Å². The molecule has 0 aromatic heterocycles. The molecule has 0 unspecified atom stereocenters. The molecule has 0 aliphatic heterocycles. The molecule has 1 fully saturated rings. The van der Waals surface area contributed by atoms with Crippen LogP contribution < -0.4 is 0 Å². The standard InChI is InChI=1S/C13H26O/c1-4-10-14-13-8-6-12(7-9-13)11(3)5-2/h11-13H,4-10H2,1-3H3/t11-,12?,13?/m1/s1. The lowest BCUT2D eigenvalue weighted by atomic mass is 9.79. The second-order valence-corrected chi connectivity index (χ2v) is 4.79. The Balaban J connectivity index is 2.17. The fraction of sp³-hybridized carbons (Fsp3) is 1.00. The topological polar surface area (TPSA) is 9.23 Å². The van der Waals surface area contributed by atoms with Crippen LogP contribution in [-0.2, 0) is 4.74 Å². The summed E-state index contributed by atoms with van der Waals surface area (Å²) in [4.78, 5) is 0. The Kier molecular flexibility index (Phi) is 5.54. The van der Waals surface area contributed by atoms with E-state index in [0.717, 1.165) is 24.9 Å². The van der Waals surface area contributed by atoms with Crippen molar-refractivity contribution < 1.29 is 4.74 Å². The first-order chi connectivity index (χ1) is 6.77. The van der Waals surface area contributed by atoms with Gasteiger partial charge in [0.2, 0.25) is 0 Å². The van der Waals surface area contributed by atoms with E-state index in [-0.39, 0.29) is 0 Å². The maximum absolute atomic E-state index is 5.79. The van der Waals surface area contributed by atoms with Crippen LogP contribution in [0.1, 0.15) is 59.3 Å². The minimum absolute atomic E-state index is 0.579. The van der Waals surface area contributed by atoms with E-state index in [2.05, 4.69) is 20.8 Å². The van der Waals surface area contributed by atoms with Crippen molar-refractivity contribution in [2.45, 2.75) is 65.4 Å². The maximum Gasteiger partial charge on any atom is 0.0575 e. The molecule has 0 spiro atoms. The van der Waals surface area contributed by atoms with Crippen LogP contribution in [0.2, 0.25) is 0 Å². The van der Waals surface area contributed by atoms with Gasteiger partial charge in [0.05, 0.1) is 6.10 Å². The SMILES string of the molecule is CCCOC1CCC([C@H](C)CC)CC1. The summed E-state index contributed by atoms with van der Waals surface area (Å²) in [7, 11) is 0. The highest BCUT2D eigenvalue weighted by Gasteiger charge is 2.24. The van der Waals surface area contributed by atoms with Gasteiger partial charge < -0.3 is 4.74 Å². The zero-order valence-electron chi connectivity index (χ0n) is 10.1. The number of rotatable bonds is 5. The van der Waals surface area contributed by atoms with E-state index in [1.165, 1.54) is 32.1 Å². The number of hydrogen-bond donors (Lipinski definition) is 0. The van der Waals surface area contributed by atoms with Gasteiger partial charge in [0, 0.05) is 6.61 Å². The summed E-state index contributed by atoms with van der Waals surface area (Å²) in [6.45, 7) is 7.85. The zero-order chi connectivity index (χ0) is 10.4. The van der Waals surface area contributed by atoms with Gasteiger partial charge in [0.25, 0.3) is 0 Å². The van der Waals surface area contributed by atoms with Gasteiger partial charge in [0.1, 0.15) is 0 Å². The Hall–Kier alpha value is -0.0400. The van der Waals surface area contributed by atoms with Crippen molar-refractivity contribution in [3.8, 4) is 0 Å². The molecule has 1 heteroatoms. The first kappa shape index (κ1) is 12.0. The summed E-state index contributed by atoms with van der Waals surface area (Å²) < 4.78 is 5.79. The minimum Gasteiger partial charge on any atom is -0.378 e. The Morgan fingerprint density at radius 2 is 1.79 bits per heavy atom. The van der Waals surface area contributed by atoms with Crippen molar-refractivity contribution >= 4 is 0 Å². The Morgan fingerprint density at radius 1 is 1.14 bits per heavy atom. The van der Waals surface area contributed by atoms with Gasteiger partial charge >= 0.3 is 0 Å². The monoisotopic (exact) mass is 198 g/mol. The summed E-state index contributed by atoms with van der Waals surface area (Å²) >= 11 is 0. The van der Waals surface area contributed by atoms with E-state index < -0.39 is 0 Å². The zero-order valence-corrected chi connectivity index (χ0v) is 10.1. The van der Waals surface area contributed by atoms with E-state index in [9.17, 15) is 0 Å². The van der Waals surface area contributed by atoms with Gasteiger partial charge in [-0.2, -0.15) is 0 Å². The van der Waals surface area contributed by atoms with Crippen molar-refractivity contribution in [3.63, 3.8) is 0 Å². The molecule has 1 saturated carbocycles. The van der Waals surface area contributed by atoms with E-state index in [4.69, 9.17) is 4.74 Å². The summed E-state index contributed by atoms with van der Waals surface area (Å²) in [6, 6.07) is 0. The summed E-state index contributed by atoms with van der Waals surface area (Å²) in [5.74, 6) is 1.89. The molecule has 1 aliphatic carbocycles. The molecule has 0 aromatic carbocycles. The van der Waals surface area contributed by atoms with Gasteiger partial charge in [-0.3, -0.25) is 0 Å². The fourth-order valence-corrected chi connectivity index (χ4v) is 2.44. The van der Waals surface area contributed by atoms with Crippen LogP contribution in [0.4, 0.5) is 0 Å². The third-order valence-corrected chi connectivity index (χ3v) is 3.73. The predicted octanol–water partition coefficient (Wildman–Crippen LogP) is 4.02. The predicted molar refractivity (Wildman–Crippen MR) is 61.4 cm³/mol. The third kappa shape index (κ3) is 3.61. The van der Waals surface area contributed by atoms with Gasteiger partial charge in [-0.25, -0.2) is 0 Å². The lowest BCUT2D eigenvalue weighted by Gasteiger charge is -2.31. The van der Waals surface area contributed by atoms with Crippen LogP contribution in [0.3, 0.4) is 0 Å². The fourth-order valence-electron chi connectivity index (χ4n) is 2.44. The number of ether oxygens (including phenoxy) is 1. The average molecular weight is 198 g/mol. The summed E-state index contributed by atoms with van der Waals surface area (Å²) in [5.41, 5.74) is 0. The van der Waals surface area contributed by atoms with Gasteiger partial charge in [0.15, 0.2) is 0 Å². The van der Waals surface area contributed by atoms with Gasteiger partial charge in [-0.15, -0.1) is 0 Å². The highest BCUT2D eigenvalue weighted by atomic mass is 16.5. The molecule has 0 bridgehead atoms. The molecule has 0 amide bonds. The van der Waals surface area contributed by atoms with Crippen LogP contribution in [0.5, 0.6) is 0 Å². The molecule has 14 heavy (non-hydrogen) atoms. The van der Waals surface area contributed by atoms with Crippen LogP contribution >= 0.6 is 0 Å². The molecule has 84 valence electrons. The highest BCUT2D eigenvalue weighted by Crippen LogP contribution is 2.32. The summed E-state index contributed by atoms with van der Waals surface area (Å²) in [6.07, 6.45) is 8.46. The van der Waals surface area contributed by atoms with Crippen LogP contribution in [0.15, 0.2) is 0 Å². The molecular weight excluding hydrogens is 172 g/mol. The maximum atomic E-state index is 5.79. The molecule has 0 saturated heterocycles. The third-order valence-electron chi connectivity index (χ3n) is 3.73. The smallest absolute Gasteiger partial charge is 0.0575 e. The van der Waals surface area contributed by atoms with E-state index >= 15 is 0 Å². The van der Waals surface area contributed by atoms with Crippen LogP contribution in [0.25, 0.3) is 0 Å². The Bertz CT molecular complexity index is 136. The van der Waals surface area contributed by atoms with Crippen molar-refractivity contribution in [1.82, 2.24) is 0 Å². The molecule has 1 nitrogen and oxygen atoms in total. The largest absolute Gasteiger partial charge is 0.378 e. The van der Waals surface area contributed by atoms with Crippen molar-refractivity contribution in [1.29, 1.82) is 0 Å². The lowest BCUT2D eigenvalue weighted by Crippen LogP contribution is -2.25. The molecule has 0 radical (unpaired) electrons. The quantitative estimate of drug-likeness (QED) is 0.648. The second kappa shape index (κ2) is 6.44. The lowest BCUT2D eigenvalue weighted by molar-refractivity contribution is 0.0123. The molecular formula is C13H26O. The average Bonchev–Trinajstić information content (AvgIpc) is 2.26. The van der Waals surface area contributed by atoms with Crippen molar-refractivity contribution in [3.05, 3.63) is 0 Å². The number of hydrogen-bond acceptors (Lipinski definition) is 1. The molecule has 1 atom stereocenters. The first-order valence-electron chi connectivity index (χ1n) is 6.39. The molecule has 0 N–H and O–H groups in total. The van der Waals surface area contributed by atoms with Crippen LogP contribution in [0, 0.1) is 11.8 Å². The van der Waals surface area contributed by atoms with Crippen molar-refractivity contribution in [2.75, 3.05) is 6.61 Å². The molecule has 0 heterocycles. The Morgan fingerprint density at radius 3 is 2.29 bits per heavy atom. The first-order valence-corrected chi connectivity index (χ1v) is 6.39. The molecule has 0 aromatic rings. The highest BCUT2D eigenvalue weighted by molar-refractivity contribution is 4.75. The van der Waals surface area contributed by atoms with Crippen LogP contribution in [-0.4, -0.2) is 12.7 Å². The van der Waals surface area contributed by atoms with E-state index in [0.29, 0.717) is 6.10 Å². The Labute approximate surface area is 89.2 Å². The second-order valence-electron chi connectivity index (χ2n) is 4.79. The minimum atomic E-state index is 0.579. The molecule has 1 rings (SSSR count). The normalized spacial score (nSPS) is 30.2. The van der Waals surface area contributed by atoms with E-state index in [1.54, 1.807) is 0 Å². The van der Waals surface area contributed by atoms with E-state index in [1.807, 2.05) is 0 Å². The molecule has 1 aliphatic rings. The van der Waals surface area contributed by atoms with Crippen molar-refractivity contribution in [2.24, 2.45) is 11.8 Å². The summed E-state index contributed by atoms with van der Waals surface area (Å²) in [5, 5.41) is 0.